The van der Waals surface area contributed by atoms with Gasteiger partial charge in [-0.2, -0.15) is 0 Å². The Morgan fingerprint density at radius 2 is 1.95 bits per heavy atom. The van der Waals surface area contributed by atoms with Gasteiger partial charge < -0.3 is 15.2 Å². The molecule has 1 rings (SSSR count). The maximum absolute atomic E-state index is 12.0. The third-order valence-electron chi connectivity index (χ3n) is 3.59. The third-order valence-corrected chi connectivity index (χ3v) is 3.59. The Labute approximate surface area is 125 Å². The maximum atomic E-state index is 12.0. The van der Waals surface area contributed by atoms with Crippen LogP contribution in [0.4, 0.5) is 0 Å². The number of amides is 1. The van der Waals surface area contributed by atoms with Crippen LogP contribution in [0, 0.1) is 5.92 Å². The van der Waals surface area contributed by atoms with Gasteiger partial charge in [-0.3, -0.25) is 4.79 Å². The van der Waals surface area contributed by atoms with Gasteiger partial charge in [-0.15, -0.1) is 0 Å². The van der Waals surface area contributed by atoms with Crippen LogP contribution in [0.5, 0.6) is 5.75 Å². The van der Waals surface area contributed by atoms with Crippen molar-refractivity contribution in [3.05, 3.63) is 30.3 Å². The number of hydrogen-bond donors (Lipinski definition) is 2. The minimum absolute atomic E-state index is 0.265. The Morgan fingerprint density at radius 3 is 2.48 bits per heavy atom. The van der Waals surface area contributed by atoms with E-state index in [9.17, 15) is 9.59 Å². The van der Waals surface area contributed by atoms with Crippen LogP contribution in [0.25, 0.3) is 0 Å². The summed E-state index contributed by atoms with van der Waals surface area (Å²) < 4.78 is 5.53. The number of para-hydroxylation sites is 1. The normalized spacial score (nSPS) is 14.8. The Balaban J connectivity index is 2.42. The van der Waals surface area contributed by atoms with Crippen molar-refractivity contribution in [2.75, 3.05) is 6.61 Å². The van der Waals surface area contributed by atoms with Crippen LogP contribution in [0.15, 0.2) is 30.3 Å². The van der Waals surface area contributed by atoms with Crippen LogP contribution in [0.1, 0.15) is 33.6 Å². The standard InChI is InChI=1S/C16H23NO4/c1-4-16(3,15(19)20)17-14(18)12(2)10-11-21-13-8-6-5-7-9-13/h5-9,12H,4,10-11H2,1-3H3,(H,17,18)(H,19,20). The van der Waals surface area contributed by atoms with Gasteiger partial charge in [-0.25, -0.2) is 4.79 Å². The van der Waals surface area contributed by atoms with Crippen molar-refractivity contribution in [2.45, 2.75) is 39.2 Å². The summed E-state index contributed by atoms with van der Waals surface area (Å²) in [6.07, 6.45) is 0.863. The molecule has 0 aliphatic rings. The van der Waals surface area contributed by atoms with Gasteiger partial charge in [0.05, 0.1) is 6.61 Å². The van der Waals surface area contributed by atoms with Crippen molar-refractivity contribution >= 4 is 11.9 Å². The van der Waals surface area contributed by atoms with Crippen molar-refractivity contribution in [3.8, 4) is 5.75 Å². The molecule has 1 amide bonds. The summed E-state index contributed by atoms with van der Waals surface area (Å²) in [4.78, 5) is 23.2. The summed E-state index contributed by atoms with van der Waals surface area (Å²) in [6, 6.07) is 9.36. The molecule has 0 aliphatic heterocycles. The fourth-order valence-electron chi connectivity index (χ4n) is 1.69. The van der Waals surface area contributed by atoms with Gasteiger partial charge in [0, 0.05) is 5.92 Å². The first-order valence-electron chi connectivity index (χ1n) is 7.12. The molecule has 1 aromatic carbocycles. The fourth-order valence-corrected chi connectivity index (χ4v) is 1.69. The van der Waals surface area contributed by atoms with Gasteiger partial charge in [0.2, 0.25) is 5.91 Å². The van der Waals surface area contributed by atoms with Gasteiger partial charge in [0.15, 0.2) is 0 Å². The number of carboxylic acids is 1. The van der Waals surface area contributed by atoms with Crippen LogP contribution in [-0.4, -0.2) is 29.1 Å². The molecule has 0 fully saturated rings. The minimum Gasteiger partial charge on any atom is -0.494 e. The molecule has 2 atom stereocenters. The highest BCUT2D eigenvalue weighted by molar-refractivity contribution is 5.87. The van der Waals surface area contributed by atoms with E-state index in [0.29, 0.717) is 19.4 Å². The van der Waals surface area contributed by atoms with E-state index >= 15 is 0 Å². The molecular formula is C16H23NO4. The lowest BCUT2D eigenvalue weighted by atomic mass is 9.97. The maximum Gasteiger partial charge on any atom is 0.329 e. The molecule has 5 nitrogen and oxygen atoms in total. The van der Waals surface area contributed by atoms with Crippen LogP contribution in [-0.2, 0) is 9.59 Å². The highest BCUT2D eigenvalue weighted by atomic mass is 16.5. The van der Waals surface area contributed by atoms with Crippen LogP contribution in [0.3, 0.4) is 0 Å². The highest BCUT2D eigenvalue weighted by Crippen LogP contribution is 2.13. The molecule has 0 aromatic heterocycles. The second kappa shape index (κ2) is 7.67. The second-order valence-electron chi connectivity index (χ2n) is 5.33. The van der Waals surface area contributed by atoms with E-state index in [1.165, 1.54) is 6.92 Å². The van der Waals surface area contributed by atoms with E-state index in [1.54, 1.807) is 13.8 Å². The molecule has 0 heterocycles. The van der Waals surface area contributed by atoms with E-state index in [0.717, 1.165) is 5.75 Å². The highest BCUT2D eigenvalue weighted by Gasteiger charge is 2.33. The molecule has 0 saturated heterocycles. The molecule has 0 saturated carbocycles. The summed E-state index contributed by atoms with van der Waals surface area (Å²) >= 11 is 0. The summed E-state index contributed by atoms with van der Waals surface area (Å²) in [5.74, 6) is -0.836. The van der Waals surface area contributed by atoms with Crippen LogP contribution < -0.4 is 10.1 Å². The number of ether oxygens (including phenoxy) is 1. The van der Waals surface area contributed by atoms with Gasteiger partial charge >= 0.3 is 5.97 Å². The quantitative estimate of drug-likeness (QED) is 0.772. The Hall–Kier alpha value is -2.04. The third kappa shape index (κ3) is 5.10. The average Bonchev–Trinajstić information content (AvgIpc) is 2.47. The molecule has 116 valence electrons. The number of carboxylic acid groups (broad SMARTS) is 1. The SMILES string of the molecule is CCC(C)(NC(=O)C(C)CCOc1ccccc1)C(=O)O. The molecule has 2 N–H and O–H groups in total. The molecule has 2 unspecified atom stereocenters. The summed E-state index contributed by atoms with van der Waals surface area (Å²) in [7, 11) is 0. The smallest absolute Gasteiger partial charge is 0.329 e. The van der Waals surface area contributed by atoms with E-state index < -0.39 is 11.5 Å². The second-order valence-corrected chi connectivity index (χ2v) is 5.33. The molecular weight excluding hydrogens is 270 g/mol. The predicted molar refractivity (Wildman–Crippen MR) is 80.2 cm³/mol. The first-order valence-corrected chi connectivity index (χ1v) is 7.12. The molecule has 0 bridgehead atoms. The van der Waals surface area contributed by atoms with E-state index in [1.807, 2.05) is 30.3 Å². The van der Waals surface area contributed by atoms with Gasteiger partial charge in [-0.1, -0.05) is 32.0 Å². The topological polar surface area (TPSA) is 75.6 Å². The zero-order valence-corrected chi connectivity index (χ0v) is 12.8. The molecule has 5 heteroatoms. The number of benzene rings is 1. The summed E-state index contributed by atoms with van der Waals surface area (Å²) in [6.45, 7) is 5.42. The molecule has 0 spiro atoms. The number of carbonyl (C=O) groups is 2. The molecule has 21 heavy (non-hydrogen) atoms. The number of rotatable bonds is 8. The summed E-state index contributed by atoms with van der Waals surface area (Å²) in [5, 5.41) is 11.7. The van der Waals surface area contributed by atoms with Crippen molar-refractivity contribution in [1.29, 1.82) is 0 Å². The van der Waals surface area contributed by atoms with Crippen molar-refractivity contribution in [2.24, 2.45) is 5.92 Å². The fraction of sp³-hybridized carbons (Fsp3) is 0.500. The monoisotopic (exact) mass is 293 g/mol. The number of hydrogen-bond acceptors (Lipinski definition) is 3. The average molecular weight is 293 g/mol. The van der Waals surface area contributed by atoms with E-state index in [4.69, 9.17) is 9.84 Å². The molecule has 1 aromatic rings. The van der Waals surface area contributed by atoms with E-state index in [-0.39, 0.29) is 11.8 Å². The lowest BCUT2D eigenvalue weighted by Gasteiger charge is -2.26. The van der Waals surface area contributed by atoms with Crippen molar-refractivity contribution in [1.82, 2.24) is 5.32 Å². The molecule has 0 radical (unpaired) electrons. The van der Waals surface area contributed by atoms with Crippen LogP contribution in [0.2, 0.25) is 0 Å². The van der Waals surface area contributed by atoms with E-state index in [2.05, 4.69) is 5.32 Å². The van der Waals surface area contributed by atoms with Crippen molar-refractivity contribution < 1.29 is 19.4 Å². The first kappa shape index (κ1) is 17.0. The summed E-state index contributed by atoms with van der Waals surface area (Å²) in [5.41, 5.74) is -1.22. The Kier molecular flexibility index (Phi) is 6.21. The molecule has 0 aliphatic carbocycles. The number of nitrogens with one attached hydrogen (secondary N) is 1. The Morgan fingerprint density at radius 1 is 1.33 bits per heavy atom. The number of aliphatic carboxylic acids is 1. The zero-order chi connectivity index (χ0) is 15.9. The van der Waals surface area contributed by atoms with Gasteiger partial charge in [-0.05, 0) is 31.9 Å². The predicted octanol–water partition coefficient (Wildman–Crippen LogP) is 2.46. The van der Waals surface area contributed by atoms with Crippen LogP contribution >= 0.6 is 0 Å². The first-order chi connectivity index (χ1) is 9.89. The van der Waals surface area contributed by atoms with Crippen molar-refractivity contribution in [3.63, 3.8) is 0 Å². The number of carbonyl (C=O) groups excluding carboxylic acids is 1. The zero-order valence-electron chi connectivity index (χ0n) is 12.8. The lowest BCUT2D eigenvalue weighted by molar-refractivity contribution is -0.147. The lowest BCUT2D eigenvalue weighted by Crippen LogP contribution is -2.53. The minimum atomic E-state index is -1.22. The van der Waals surface area contributed by atoms with Gasteiger partial charge in [0.25, 0.3) is 0 Å². The van der Waals surface area contributed by atoms with Gasteiger partial charge in [0.1, 0.15) is 11.3 Å². The largest absolute Gasteiger partial charge is 0.494 e. The Bertz CT molecular complexity index is 474.